The van der Waals surface area contributed by atoms with E-state index in [-0.39, 0.29) is 24.1 Å². The van der Waals surface area contributed by atoms with E-state index in [4.69, 9.17) is 9.47 Å². The van der Waals surface area contributed by atoms with Crippen LogP contribution in [0.3, 0.4) is 0 Å². The molecule has 0 aromatic carbocycles. The van der Waals surface area contributed by atoms with Gasteiger partial charge in [0.05, 0.1) is 30.0 Å². The van der Waals surface area contributed by atoms with Crippen molar-refractivity contribution in [3.05, 3.63) is 18.0 Å². The number of nitrogens with zero attached hydrogens (tertiary/aromatic N) is 4. The maximum Gasteiger partial charge on any atom is 0.391 e. The summed E-state index contributed by atoms with van der Waals surface area (Å²) >= 11 is 0. The zero-order chi connectivity index (χ0) is 26.0. The number of alkyl halides is 3. The number of halogens is 3. The number of piperidine rings is 1. The van der Waals surface area contributed by atoms with Gasteiger partial charge in [0.2, 0.25) is 11.8 Å². The molecule has 2 atom stereocenters. The van der Waals surface area contributed by atoms with Crippen LogP contribution in [0.15, 0.2) is 12.4 Å². The van der Waals surface area contributed by atoms with E-state index in [1.54, 1.807) is 12.4 Å². The average molecular weight is 524 g/mol. The molecule has 2 aromatic rings. The van der Waals surface area contributed by atoms with Crippen LogP contribution in [-0.4, -0.2) is 81.7 Å². The topological polar surface area (TPSA) is 92.6 Å². The van der Waals surface area contributed by atoms with Gasteiger partial charge in [-0.15, -0.1) is 0 Å². The third-order valence-corrected chi connectivity index (χ3v) is 7.84. The van der Waals surface area contributed by atoms with Crippen molar-refractivity contribution >= 4 is 16.9 Å². The van der Waals surface area contributed by atoms with Gasteiger partial charge in [-0.05, 0) is 57.8 Å². The second kappa shape index (κ2) is 11.2. The van der Waals surface area contributed by atoms with Crippen LogP contribution in [0.25, 0.3) is 10.9 Å². The van der Waals surface area contributed by atoms with Crippen molar-refractivity contribution in [2.75, 3.05) is 31.6 Å². The van der Waals surface area contributed by atoms with Gasteiger partial charge in [-0.3, -0.25) is 4.90 Å². The van der Waals surface area contributed by atoms with Gasteiger partial charge in [0.15, 0.2) is 0 Å². The summed E-state index contributed by atoms with van der Waals surface area (Å²) < 4.78 is 50.5. The Morgan fingerprint density at radius 1 is 1.11 bits per heavy atom. The molecule has 3 aliphatic rings. The highest BCUT2D eigenvalue weighted by Crippen LogP contribution is 2.38. The molecule has 0 spiro atoms. The minimum atomic E-state index is -4.28. The van der Waals surface area contributed by atoms with Crippen molar-refractivity contribution in [1.29, 1.82) is 0 Å². The number of aliphatic hydroxyl groups is 1. The molecule has 0 bridgehead atoms. The molecule has 204 valence electrons. The molecule has 5 rings (SSSR count). The fourth-order valence-corrected chi connectivity index (χ4v) is 5.81. The number of likely N-dealkylation sites (tertiary alicyclic amines) is 1. The van der Waals surface area contributed by atoms with E-state index in [2.05, 4.69) is 25.2 Å². The number of hydrogen-bond acceptors (Lipinski definition) is 8. The number of fused-ring (bicyclic) bond motifs is 1. The van der Waals surface area contributed by atoms with Crippen molar-refractivity contribution in [2.24, 2.45) is 0 Å². The summed E-state index contributed by atoms with van der Waals surface area (Å²) in [5.74, 6) is 0.789. The van der Waals surface area contributed by atoms with E-state index >= 15 is 0 Å². The van der Waals surface area contributed by atoms with Crippen LogP contribution in [-0.2, 0) is 4.74 Å². The number of anilines is 1. The molecule has 4 heterocycles. The zero-order valence-electron chi connectivity index (χ0n) is 21.2. The van der Waals surface area contributed by atoms with Crippen LogP contribution in [0.4, 0.5) is 19.1 Å². The van der Waals surface area contributed by atoms with Crippen molar-refractivity contribution in [3.8, 4) is 5.88 Å². The summed E-state index contributed by atoms with van der Waals surface area (Å²) in [5.41, 5.74) is 1.59. The van der Waals surface area contributed by atoms with Gasteiger partial charge in [0.25, 0.3) is 0 Å². The molecule has 0 radical (unpaired) electrons. The molecule has 8 nitrogen and oxygen atoms in total. The largest absolute Gasteiger partial charge is 0.474 e. The van der Waals surface area contributed by atoms with Gasteiger partial charge in [-0.2, -0.15) is 13.2 Å². The van der Waals surface area contributed by atoms with Crippen LogP contribution in [0.2, 0.25) is 0 Å². The fraction of sp³-hybridized carbons (Fsp3) is 0.731. The lowest BCUT2D eigenvalue weighted by Crippen LogP contribution is -2.44. The Hall–Kier alpha value is -2.24. The number of nitrogens with one attached hydrogen (secondary N) is 1. The molecule has 2 aromatic heterocycles. The maximum absolute atomic E-state index is 12.9. The molecule has 11 heteroatoms. The van der Waals surface area contributed by atoms with Crippen molar-refractivity contribution in [3.63, 3.8) is 0 Å². The number of hydrogen-bond donors (Lipinski definition) is 2. The first-order valence-electron chi connectivity index (χ1n) is 13.4. The monoisotopic (exact) mass is 523 g/mol. The number of pyridine rings is 1. The molecule has 37 heavy (non-hydrogen) atoms. The lowest BCUT2D eigenvalue weighted by atomic mass is 9.83. The normalized spacial score (nSPS) is 26.9. The first-order chi connectivity index (χ1) is 17.7. The van der Waals surface area contributed by atoms with Crippen molar-refractivity contribution < 1.29 is 27.8 Å². The number of aliphatic hydroxyl groups excluding tert-OH is 1. The van der Waals surface area contributed by atoms with E-state index in [0.717, 1.165) is 64.0 Å². The highest BCUT2D eigenvalue weighted by Gasteiger charge is 2.32. The van der Waals surface area contributed by atoms with Crippen LogP contribution >= 0.6 is 0 Å². The minimum absolute atomic E-state index is 0.0227. The van der Waals surface area contributed by atoms with E-state index in [1.165, 1.54) is 6.92 Å². The molecular weight excluding hydrogens is 487 g/mol. The Balaban J connectivity index is 1.36. The molecule has 1 aliphatic carbocycles. The molecule has 0 unspecified atom stereocenters. The molecule has 1 saturated carbocycles. The molecule has 2 saturated heterocycles. The van der Waals surface area contributed by atoms with Crippen molar-refractivity contribution in [1.82, 2.24) is 19.9 Å². The Bertz CT molecular complexity index is 1050. The summed E-state index contributed by atoms with van der Waals surface area (Å²) in [6.07, 6.45) is 3.74. The molecule has 3 fully saturated rings. The Kier molecular flexibility index (Phi) is 8.02. The highest BCUT2D eigenvalue weighted by molar-refractivity contribution is 5.86. The standard InChI is InChI=1S/C26H36F3N5O3/c1-16(12-26(27,28)29)32-25-31-14-22-23(33-25)21(17-2-4-19(35)5-3-17)13-30-24(22)37-20-6-9-34(10-7-20)18-8-11-36-15-18/h13-14,16-20,35H,2-12,15H2,1H3,(H,31,32,33)/t16-,17-,18+,19-/m0/s1. The first kappa shape index (κ1) is 26.4. The molecule has 0 amide bonds. The lowest BCUT2D eigenvalue weighted by Gasteiger charge is -2.35. The highest BCUT2D eigenvalue weighted by atomic mass is 19.4. The van der Waals surface area contributed by atoms with Crippen molar-refractivity contribution in [2.45, 2.75) is 94.7 Å². The van der Waals surface area contributed by atoms with Gasteiger partial charge >= 0.3 is 6.18 Å². The lowest BCUT2D eigenvalue weighted by molar-refractivity contribution is -0.136. The SMILES string of the molecule is C[C@@H](CC(F)(F)F)Nc1ncc2c(OC3CCN([C@@H]4CCOC4)CC3)ncc([C@H]3CC[C@H](O)CC3)c2n1. The number of ether oxygens (including phenoxy) is 2. The molecule has 2 aliphatic heterocycles. The van der Waals surface area contributed by atoms with Gasteiger partial charge < -0.3 is 19.9 Å². The zero-order valence-corrected chi connectivity index (χ0v) is 21.2. The predicted molar refractivity (Wildman–Crippen MR) is 133 cm³/mol. The van der Waals surface area contributed by atoms with Gasteiger partial charge in [0, 0.05) is 49.7 Å². The second-order valence-corrected chi connectivity index (χ2v) is 10.7. The van der Waals surface area contributed by atoms with Gasteiger partial charge in [-0.1, -0.05) is 0 Å². The number of rotatable bonds is 7. The summed E-state index contributed by atoms with van der Waals surface area (Å²) in [5, 5.41) is 13.4. The minimum Gasteiger partial charge on any atom is -0.474 e. The third kappa shape index (κ3) is 6.61. The van der Waals surface area contributed by atoms with Crippen LogP contribution in [0.1, 0.15) is 69.8 Å². The van der Waals surface area contributed by atoms with Crippen LogP contribution in [0.5, 0.6) is 5.88 Å². The molecule has 2 N–H and O–H groups in total. The van der Waals surface area contributed by atoms with Crippen LogP contribution in [0, 0.1) is 0 Å². The van der Waals surface area contributed by atoms with E-state index in [9.17, 15) is 18.3 Å². The fourth-order valence-electron chi connectivity index (χ4n) is 5.81. The van der Waals surface area contributed by atoms with Crippen LogP contribution < -0.4 is 10.1 Å². The summed E-state index contributed by atoms with van der Waals surface area (Å²) in [7, 11) is 0. The van der Waals surface area contributed by atoms with E-state index in [0.29, 0.717) is 35.7 Å². The first-order valence-corrected chi connectivity index (χ1v) is 13.4. The summed E-state index contributed by atoms with van der Waals surface area (Å²) in [6, 6.07) is -0.369. The van der Waals surface area contributed by atoms with E-state index in [1.807, 2.05) is 0 Å². The number of aromatic nitrogens is 3. The third-order valence-electron chi connectivity index (χ3n) is 7.84. The summed E-state index contributed by atoms with van der Waals surface area (Å²) in [4.78, 5) is 16.1. The quantitative estimate of drug-likeness (QED) is 0.551. The predicted octanol–water partition coefficient (Wildman–Crippen LogP) is 4.43. The Morgan fingerprint density at radius 3 is 2.54 bits per heavy atom. The van der Waals surface area contributed by atoms with Gasteiger partial charge in [-0.25, -0.2) is 15.0 Å². The Morgan fingerprint density at radius 2 is 1.86 bits per heavy atom. The van der Waals surface area contributed by atoms with Gasteiger partial charge in [0.1, 0.15) is 6.10 Å². The average Bonchev–Trinajstić information content (AvgIpc) is 3.39. The summed E-state index contributed by atoms with van der Waals surface area (Å²) in [6.45, 7) is 4.99. The Labute approximate surface area is 215 Å². The smallest absolute Gasteiger partial charge is 0.391 e. The second-order valence-electron chi connectivity index (χ2n) is 10.7. The van der Waals surface area contributed by atoms with E-state index < -0.39 is 18.6 Å². The maximum atomic E-state index is 12.9. The molecular formula is C26H36F3N5O3.